The minimum atomic E-state index is -4.11. The molecule has 0 saturated carbocycles. The van der Waals surface area contributed by atoms with Crippen LogP contribution in [0.25, 0.3) is 0 Å². The van der Waals surface area contributed by atoms with E-state index in [-0.39, 0.29) is 17.2 Å². The van der Waals surface area contributed by atoms with Gasteiger partial charge in [0.2, 0.25) is 0 Å². The second-order valence-corrected chi connectivity index (χ2v) is 9.72. The number of hydrogen-bond donors (Lipinski definition) is 1. The van der Waals surface area contributed by atoms with Gasteiger partial charge >= 0.3 is 13.7 Å². The number of ether oxygens (including phenoxy) is 1. The van der Waals surface area contributed by atoms with E-state index in [9.17, 15) is 19.5 Å². The molecule has 1 N–H and O–H groups in total. The van der Waals surface area contributed by atoms with Gasteiger partial charge in [0.25, 0.3) is 5.69 Å². The molecule has 0 spiro atoms. The molecule has 1 saturated heterocycles. The van der Waals surface area contributed by atoms with Crippen molar-refractivity contribution in [1.82, 2.24) is 9.99 Å². The molecule has 2 aromatic rings. The molecule has 0 aliphatic carbocycles. The van der Waals surface area contributed by atoms with Crippen molar-refractivity contribution in [2.24, 2.45) is 5.92 Å². The number of nitrogens with zero attached hydrogens (tertiary/aromatic N) is 2. The predicted molar refractivity (Wildman–Crippen MR) is 127 cm³/mol. The average molecular weight is 491 g/mol. The van der Waals surface area contributed by atoms with Crippen LogP contribution < -0.4 is 14.1 Å². The summed E-state index contributed by atoms with van der Waals surface area (Å²) in [5, 5.41) is 13.5. The first kappa shape index (κ1) is 25.7. The molecule has 0 bridgehead atoms. The van der Waals surface area contributed by atoms with Crippen LogP contribution in [-0.2, 0) is 14.1 Å². The third-order valence-corrected chi connectivity index (χ3v) is 7.17. The molecule has 34 heavy (non-hydrogen) atoms. The molecule has 0 aromatic heterocycles. The second-order valence-electron chi connectivity index (χ2n) is 8.10. The first-order chi connectivity index (χ1) is 16.3. The molecular formula is C23H30N3O7P. The van der Waals surface area contributed by atoms with Crippen LogP contribution in [0.5, 0.6) is 11.5 Å². The zero-order chi connectivity index (χ0) is 24.6. The Bertz CT molecular complexity index is 995. The Morgan fingerprint density at radius 3 is 2.26 bits per heavy atom. The molecule has 0 radical (unpaired) electrons. The Hall–Kier alpha value is -2.94. The van der Waals surface area contributed by atoms with Crippen molar-refractivity contribution >= 4 is 19.4 Å². The SMILES string of the molecule is CCN1CCC(COC(=O)[C@H](C)NP(=O)(Oc2ccccc2)Oc2ccc([N+](=O)[O-])cc2)CC1. The van der Waals surface area contributed by atoms with Gasteiger partial charge in [-0.2, -0.15) is 5.09 Å². The van der Waals surface area contributed by atoms with Gasteiger partial charge in [-0.3, -0.25) is 14.9 Å². The summed E-state index contributed by atoms with van der Waals surface area (Å²) < 4.78 is 30.2. The molecule has 1 aliphatic heterocycles. The van der Waals surface area contributed by atoms with Gasteiger partial charge in [-0.1, -0.05) is 25.1 Å². The van der Waals surface area contributed by atoms with Gasteiger partial charge in [0.05, 0.1) is 11.5 Å². The van der Waals surface area contributed by atoms with E-state index in [0.717, 1.165) is 32.5 Å². The summed E-state index contributed by atoms with van der Waals surface area (Å²) in [4.78, 5) is 25.3. The molecule has 10 nitrogen and oxygen atoms in total. The van der Waals surface area contributed by atoms with E-state index in [1.165, 1.54) is 31.2 Å². The number of likely N-dealkylation sites (tertiary alicyclic amines) is 1. The monoisotopic (exact) mass is 491 g/mol. The van der Waals surface area contributed by atoms with E-state index in [2.05, 4.69) is 16.9 Å². The Labute approximate surface area is 198 Å². The number of nitrogens with one attached hydrogen (secondary N) is 1. The topological polar surface area (TPSA) is 120 Å². The maximum absolute atomic E-state index is 13.6. The number of esters is 1. The highest BCUT2D eigenvalue weighted by atomic mass is 31.2. The van der Waals surface area contributed by atoms with E-state index in [1.54, 1.807) is 30.3 Å². The van der Waals surface area contributed by atoms with E-state index in [4.69, 9.17) is 13.8 Å². The van der Waals surface area contributed by atoms with Crippen LogP contribution in [0, 0.1) is 16.0 Å². The predicted octanol–water partition coefficient (Wildman–Crippen LogP) is 4.41. The van der Waals surface area contributed by atoms with Gasteiger partial charge in [-0.25, -0.2) is 4.57 Å². The number of rotatable bonds is 11. The summed E-state index contributed by atoms with van der Waals surface area (Å²) in [5.74, 6) is 0.0777. The van der Waals surface area contributed by atoms with Crippen molar-refractivity contribution in [3.8, 4) is 11.5 Å². The Morgan fingerprint density at radius 1 is 1.12 bits per heavy atom. The molecule has 184 valence electrons. The third-order valence-electron chi connectivity index (χ3n) is 5.56. The lowest BCUT2D eigenvalue weighted by Crippen LogP contribution is -2.38. The Balaban J connectivity index is 1.64. The van der Waals surface area contributed by atoms with Crippen LogP contribution in [0.15, 0.2) is 54.6 Å². The van der Waals surface area contributed by atoms with E-state index < -0.39 is 24.7 Å². The van der Waals surface area contributed by atoms with Gasteiger partial charge < -0.3 is 18.7 Å². The van der Waals surface area contributed by atoms with Crippen molar-refractivity contribution in [3.05, 3.63) is 64.7 Å². The van der Waals surface area contributed by atoms with Crippen LogP contribution in [0.2, 0.25) is 0 Å². The second kappa shape index (κ2) is 12.0. The van der Waals surface area contributed by atoms with Crippen molar-refractivity contribution in [3.63, 3.8) is 0 Å². The maximum Gasteiger partial charge on any atom is 0.513 e. The summed E-state index contributed by atoms with van der Waals surface area (Å²) in [7, 11) is -4.11. The van der Waals surface area contributed by atoms with E-state index in [0.29, 0.717) is 12.5 Å². The lowest BCUT2D eigenvalue weighted by Gasteiger charge is -2.30. The number of hydrogen-bond acceptors (Lipinski definition) is 8. The summed E-state index contributed by atoms with van der Waals surface area (Å²) in [6.45, 7) is 6.92. The molecule has 0 amide bonds. The number of para-hydroxylation sites is 1. The van der Waals surface area contributed by atoms with E-state index in [1.807, 2.05) is 0 Å². The lowest BCUT2D eigenvalue weighted by molar-refractivity contribution is -0.384. The number of carbonyl (C=O) groups excluding carboxylic acids is 1. The highest BCUT2D eigenvalue weighted by Crippen LogP contribution is 2.45. The molecule has 1 heterocycles. The Kier molecular flexibility index (Phi) is 9.04. The molecule has 1 unspecified atom stereocenters. The highest BCUT2D eigenvalue weighted by Gasteiger charge is 2.34. The first-order valence-electron chi connectivity index (χ1n) is 11.2. The van der Waals surface area contributed by atoms with E-state index >= 15 is 0 Å². The number of non-ortho nitro benzene ring substituents is 1. The molecule has 1 aliphatic rings. The quantitative estimate of drug-likeness (QED) is 0.211. The normalized spacial score (nSPS) is 17.4. The number of benzene rings is 2. The fourth-order valence-electron chi connectivity index (χ4n) is 3.54. The first-order valence-corrected chi connectivity index (χ1v) is 12.8. The zero-order valence-electron chi connectivity index (χ0n) is 19.3. The van der Waals surface area contributed by atoms with Gasteiger partial charge in [0, 0.05) is 12.1 Å². The largest absolute Gasteiger partial charge is 0.513 e. The van der Waals surface area contributed by atoms with Gasteiger partial charge in [0.15, 0.2) is 0 Å². The average Bonchev–Trinajstić information content (AvgIpc) is 2.83. The third kappa shape index (κ3) is 7.55. The fraction of sp³-hybridized carbons (Fsp3) is 0.435. The molecular weight excluding hydrogens is 461 g/mol. The minimum absolute atomic E-state index is 0.0839. The number of nitro groups is 1. The van der Waals surface area contributed by atoms with Crippen molar-refractivity contribution in [2.75, 3.05) is 26.2 Å². The van der Waals surface area contributed by atoms with Crippen LogP contribution in [0.1, 0.15) is 26.7 Å². The highest BCUT2D eigenvalue weighted by molar-refractivity contribution is 7.52. The van der Waals surface area contributed by atoms with Crippen LogP contribution in [0.4, 0.5) is 5.69 Å². The van der Waals surface area contributed by atoms with Gasteiger partial charge in [-0.15, -0.1) is 0 Å². The smallest absolute Gasteiger partial charge is 0.464 e. The summed E-state index contributed by atoms with van der Waals surface area (Å²) in [5.41, 5.74) is -0.138. The van der Waals surface area contributed by atoms with Gasteiger partial charge in [-0.05, 0) is 69.6 Å². The lowest BCUT2D eigenvalue weighted by atomic mass is 9.98. The number of nitro benzene ring substituents is 1. The van der Waals surface area contributed by atoms with Crippen molar-refractivity contribution in [1.29, 1.82) is 0 Å². The van der Waals surface area contributed by atoms with Crippen molar-refractivity contribution < 1.29 is 28.1 Å². The van der Waals surface area contributed by atoms with Gasteiger partial charge in [0.1, 0.15) is 17.5 Å². The number of carbonyl (C=O) groups is 1. The maximum atomic E-state index is 13.6. The summed E-state index contributed by atoms with van der Waals surface area (Å²) in [6, 6.07) is 12.5. The van der Waals surface area contributed by atoms with Crippen LogP contribution in [-0.4, -0.2) is 48.1 Å². The standard InChI is InChI=1S/C23H30N3O7P/c1-3-25-15-13-19(14-16-25)17-31-23(27)18(2)24-34(30,32-21-7-5-4-6-8-21)33-22-11-9-20(10-12-22)26(28)29/h4-12,18-19H,3,13-17H2,1-2H3,(H,24,30)/t18-,34?/m0/s1. The van der Waals surface area contributed by atoms with Crippen LogP contribution >= 0.6 is 7.75 Å². The molecule has 2 aromatic carbocycles. The fourth-order valence-corrected chi connectivity index (χ4v) is 5.06. The Morgan fingerprint density at radius 2 is 1.71 bits per heavy atom. The number of piperidine rings is 1. The summed E-state index contributed by atoms with van der Waals surface area (Å²) in [6.07, 6.45) is 1.92. The molecule has 3 rings (SSSR count). The minimum Gasteiger partial charge on any atom is -0.464 e. The molecule has 11 heteroatoms. The van der Waals surface area contributed by atoms with Crippen LogP contribution in [0.3, 0.4) is 0 Å². The van der Waals surface area contributed by atoms with Crippen molar-refractivity contribution in [2.45, 2.75) is 32.7 Å². The molecule has 2 atom stereocenters. The molecule has 1 fully saturated rings. The summed E-state index contributed by atoms with van der Waals surface area (Å²) >= 11 is 0. The zero-order valence-corrected chi connectivity index (χ0v) is 20.2.